The fourth-order valence-electron chi connectivity index (χ4n) is 1.84. The maximum absolute atomic E-state index is 12.1. The number of hydrogen-bond donors (Lipinski definition) is 0. The Bertz CT molecular complexity index is 548. The Morgan fingerprint density at radius 3 is 2.53 bits per heavy atom. The second kappa shape index (κ2) is 4.43. The zero-order valence-electron chi connectivity index (χ0n) is 9.41. The van der Waals surface area contributed by atoms with Gasteiger partial charge in [0.15, 0.2) is 5.78 Å². The molecule has 0 unspecified atom stereocenters. The van der Waals surface area contributed by atoms with Crippen LogP contribution in [0, 0.1) is 0 Å². The number of ketones is 1. The number of benzene rings is 1. The molecule has 0 amide bonds. The van der Waals surface area contributed by atoms with Gasteiger partial charge in [0, 0.05) is 12.1 Å². The van der Waals surface area contributed by atoms with E-state index in [4.69, 9.17) is 0 Å². The molecule has 90 valence electrons. The molecule has 2 rings (SSSR count). The molecule has 0 spiro atoms. The van der Waals surface area contributed by atoms with Gasteiger partial charge in [0.1, 0.15) is 6.04 Å². The van der Waals surface area contributed by atoms with E-state index in [0.717, 1.165) is 6.26 Å². The molecule has 17 heavy (non-hydrogen) atoms. The Hall–Kier alpha value is -1.46. The van der Waals surface area contributed by atoms with Gasteiger partial charge in [0.2, 0.25) is 10.0 Å². The average Bonchev–Trinajstić information content (AvgIpc) is 2.78. The lowest BCUT2D eigenvalue weighted by Gasteiger charge is -2.20. The molecule has 1 heterocycles. The van der Waals surface area contributed by atoms with Crippen LogP contribution in [-0.4, -0.2) is 37.3 Å². The highest BCUT2D eigenvalue weighted by Crippen LogP contribution is 2.18. The van der Waals surface area contributed by atoms with Crippen LogP contribution in [0.25, 0.3) is 0 Å². The van der Waals surface area contributed by atoms with E-state index in [1.165, 1.54) is 4.31 Å². The van der Waals surface area contributed by atoms with Gasteiger partial charge in [-0.3, -0.25) is 4.79 Å². The Morgan fingerprint density at radius 2 is 1.94 bits per heavy atom. The minimum absolute atomic E-state index is 0.190. The minimum Gasteiger partial charge on any atom is -0.292 e. The van der Waals surface area contributed by atoms with Gasteiger partial charge in [-0.15, -0.1) is 0 Å². The molecule has 5 heteroatoms. The summed E-state index contributed by atoms with van der Waals surface area (Å²) in [5.74, 6) is -0.190. The Labute approximate surface area is 101 Å². The fraction of sp³-hybridized carbons (Fsp3) is 0.250. The van der Waals surface area contributed by atoms with Crippen LogP contribution in [0.1, 0.15) is 10.4 Å². The van der Waals surface area contributed by atoms with E-state index in [2.05, 4.69) is 0 Å². The standard InChI is InChI=1S/C12H13NO3S/c1-17(15,16)13-9-5-8-11(13)12(14)10-6-3-2-4-7-10/h2-8,11H,9H2,1H3/t11-/m1/s1. The average molecular weight is 251 g/mol. The summed E-state index contributed by atoms with van der Waals surface area (Å²) in [6, 6.07) is 8.01. The summed E-state index contributed by atoms with van der Waals surface area (Å²) in [7, 11) is -3.35. The van der Waals surface area contributed by atoms with Crippen LogP contribution in [-0.2, 0) is 10.0 Å². The SMILES string of the molecule is CS(=O)(=O)N1CC=C[C@@H]1C(=O)c1ccccc1. The summed E-state index contributed by atoms with van der Waals surface area (Å²) < 4.78 is 24.2. The highest BCUT2D eigenvalue weighted by Gasteiger charge is 2.33. The highest BCUT2D eigenvalue weighted by molar-refractivity contribution is 7.88. The van der Waals surface area contributed by atoms with Gasteiger partial charge >= 0.3 is 0 Å². The topological polar surface area (TPSA) is 54.5 Å². The van der Waals surface area contributed by atoms with Crippen molar-refractivity contribution >= 4 is 15.8 Å². The molecular formula is C12H13NO3S. The first-order valence-corrected chi connectivity index (χ1v) is 7.08. The largest absolute Gasteiger partial charge is 0.292 e. The van der Waals surface area contributed by atoms with E-state index in [0.29, 0.717) is 5.56 Å². The Morgan fingerprint density at radius 1 is 1.29 bits per heavy atom. The maximum Gasteiger partial charge on any atom is 0.212 e. The number of nitrogens with zero attached hydrogens (tertiary/aromatic N) is 1. The molecule has 0 saturated heterocycles. The lowest BCUT2D eigenvalue weighted by atomic mass is 10.1. The van der Waals surface area contributed by atoms with Crippen molar-refractivity contribution < 1.29 is 13.2 Å². The summed E-state index contributed by atoms with van der Waals surface area (Å²) in [6.45, 7) is 0.266. The second-order valence-corrected chi connectivity index (χ2v) is 5.87. The van der Waals surface area contributed by atoms with Crippen LogP contribution >= 0.6 is 0 Å². The molecule has 4 nitrogen and oxygen atoms in total. The van der Waals surface area contributed by atoms with Gasteiger partial charge in [-0.2, -0.15) is 4.31 Å². The third-order valence-electron chi connectivity index (χ3n) is 2.67. The molecule has 1 aliphatic rings. The molecule has 0 aliphatic carbocycles. The lowest BCUT2D eigenvalue weighted by Crippen LogP contribution is -2.40. The van der Waals surface area contributed by atoms with Crippen LogP contribution < -0.4 is 0 Å². The van der Waals surface area contributed by atoms with Crippen LogP contribution in [0.5, 0.6) is 0 Å². The molecular weight excluding hydrogens is 238 g/mol. The summed E-state index contributed by atoms with van der Waals surface area (Å²) in [5.41, 5.74) is 0.526. The first-order chi connectivity index (χ1) is 8.00. The fourth-order valence-corrected chi connectivity index (χ4v) is 2.77. The van der Waals surface area contributed by atoms with E-state index in [1.807, 2.05) is 6.07 Å². The predicted octanol–water partition coefficient (Wildman–Crippen LogP) is 1.07. The third-order valence-corrected chi connectivity index (χ3v) is 3.90. The minimum atomic E-state index is -3.35. The van der Waals surface area contributed by atoms with Crippen molar-refractivity contribution in [3.8, 4) is 0 Å². The van der Waals surface area contributed by atoms with Gasteiger partial charge < -0.3 is 0 Å². The summed E-state index contributed by atoms with van der Waals surface area (Å²) in [5, 5.41) is 0. The van der Waals surface area contributed by atoms with Crippen LogP contribution in [0.3, 0.4) is 0 Å². The van der Waals surface area contributed by atoms with Crippen LogP contribution in [0.2, 0.25) is 0 Å². The summed E-state index contributed by atoms with van der Waals surface area (Å²) in [4.78, 5) is 12.1. The monoisotopic (exact) mass is 251 g/mol. The molecule has 1 atom stereocenters. The van der Waals surface area contributed by atoms with Gasteiger partial charge in [-0.05, 0) is 0 Å². The molecule has 0 saturated carbocycles. The van der Waals surface area contributed by atoms with E-state index < -0.39 is 16.1 Å². The lowest BCUT2D eigenvalue weighted by molar-refractivity contribution is 0.0937. The van der Waals surface area contributed by atoms with Gasteiger partial charge in [-0.25, -0.2) is 8.42 Å². The quantitative estimate of drug-likeness (QED) is 0.596. The third kappa shape index (κ3) is 2.45. The van der Waals surface area contributed by atoms with Crippen LogP contribution in [0.4, 0.5) is 0 Å². The van der Waals surface area contributed by atoms with E-state index in [1.54, 1.807) is 36.4 Å². The molecule has 0 fully saturated rings. The van der Waals surface area contributed by atoms with E-state index in [-0.39, 0.29) is 12.3 Å². The van der Waals surface area contributed by atoms with Crippen molar-refractivity contribution in [2.45, 2.75) is 6.04 Å². The molecule has 1 aliphatic heterocycles. The van der Waals surface area contributed by atoms with E-state index >= 15 is 0 Å². The summed E-state index contributed by atoms with van der Waals surface area (Å²) in [6.07, 6.45) is 4.45. The molecule has 0 bridgehead atoms. The van der Waals surface area contributed by atoms with Gasteiger partial charge in [-0.1, -0.05) is 42.5 Å². The second-order valence-electron chi connectivity index (χ2n) is 3.94. The maximum atomic E-state index is 12.1. The first-order valence-electron chi connectivity index (χ1n) is 5.23. The molecule has 0 aromatic heterocycles. The number of carbonyl (C=O) groups excluding carboxylic acids is 1. The number of hydrogen-bond acceptors (Lipinski definition) is 3. The van der Waals surface area contributed by atoms with Gasteiger partial charge in [0.25, 0.3) is 0 Å². The van der Waals surface area contributed by atoms with Crippen molar-refractivity contribution in [1.82, 2.24) is 4.31 Å². The van der Waals surface area contributed by atoms with Gasteiger partial charge in [0.05, 0.1) is 6.26 Å². The predicted molar refractivity (Wildman–Crippen MR) is 65.3 cm³/mol. The van der Waals surface area contributed by atoms with Crippen molar-refractivity contribution in [2.24, 2.45) is 0 Å². The Kier molecular flexibility index (Phi) is 3.13. The first kappa shape index (κ1) is 12.0. The van der Waals surface area contributed by atoms with Crippen molar-refractivity contribution in [1.29, 1.82) is 0 Å². The summed E-state index contributed by atoms with van der Waals surface area (Å²) >= 11 is 0. The highest BCUT2D eigenvalue weighted by atomic mass is 32.2. The zero-order valence-corrected chi connectivity index (χ0v) is 10.2. The number of sulfonamides is 1. The molecule has 1 aromatic rings. The number of carbonyl (C=O) groups is 1. The molecule has 1 aromatic carbocycles. The molecule has 0 N–H and O–H groups in total. The normalized spacial score (nSPS) is 20.6. The number of rotatable bonds is 3. The van der Waals surface area contributed by atoms with Crippen LogP contribution in [0.15, 0.2) is 42.5 Å². The van der Waals surface area contributed by atoms with Crippen molar-refractivity contribution in [3.05, 3.63) is 48.0 Å². The zero-order chi connectivity index (χ0) is 12.5. The number of Topliss-reactive ketones (excluding diaryl/α,β-unsaturated/α-hetero) is 1. The van der Waals surface area contributed by atoms with E-state index in [9.17, 15) is 13.2 Å². The van der Waals surface area contributed by atoms with Crippen molar-refractivity contribution in [2.75, 3.05) is 12.8 Å². The smallest absolute Gasteiger partial charge is 0.212 e. The Balaban J connectivity index is 2.29. The van der Waals surface area contributed by atoms with Crippen molar-refractivity contribution in [3.63, 3.8) is 0 Å². The molecule has 0 radical (unpaired) electrons.